The average Bonchev–Trinajstić information content (AvgIpc) is 2.90. The second-order valence-corrected chi connectivity index (χ2v) is 4.68. The lowest BCUT2D eigenvalue weighted by Crippen LogP contribution is -2.13. The molecular formula is C14H8ClF2NO3. The van der Waals surface area contributed by atoms with Crippen LogP contribution in [0.15, 0.2) is 30.3 Å². The molecule has 2 aromatic rings. The van der Waals surface area contributed by atoms with E-state index < -0.39 is 17.5 Å². The van der Waals surface area contributed by atoms with Gasteiger partial charge in [-0.05, 0) is 24.3 Å². The van der Waals surface area contributed by atoms with Gasteiger partial charge in [-0.3, -0.25) is 4.79 Å². The van der Waals surface area contributed by atoms with E-state index in [-0.39, 0.29) is 23.1 Å². The Morgan fingerprint density at radius 1 is 1.19 bits per heavy atom. The molecule has 0 spiro atoms. The summed E-state index contributed by atoms with van der Waals surface area (Å²) < 4.78 is 36.6. The largest absolute Gasteiger partial charge is 0.454 e. The number of rotatable bonds is 2. The summed E-state index contributed by atoms with van der Waals surface area (Å²) >= 11 is 5.97. The summed E-state index contributed by atoms with van der Waals surface area (Å²) in [6, 6.07) is 5.68. The van der Waals surface area contributed by atoms with Gasteiger partial charge in [0.1, 0.15) is 11.6 Å². The van der Waals surface area contributed by atoms with Crippen LogP contribution < -0.4 is 14.8 Å². The number of benzene rings is 2. The molecule has 7 heteroatoms. The number of fused-ring (bicyclic) bond motifs is 1. The minimum atomic E-state index is -0.866. The highest BCUT2D eigenvalue weighted by atomic mass is 35.5. The predicted octanol–water partition coefficient (Wildman–Crippen LogP) is 3.60. The standard InChI is InChI=1S/C14H8ClF2NO3/c15-9-3-7(4-12-13(9)21-6-20-12)14(19)18-11-2-1-8(16)5-10(11)17/h1-5H,6H2,(H,18,19). The van der Waals surface area contributed by atoms with Crippen molar-refractivity contribution in [3.8, 4) is 11.5 Å². The summed E-state index contributed by atoms with van der Waals surface area (Å²) in [4.78, 5) is 12.1. The Labute approximate surface area is 123 Å². The van der Waals surface area contributed by atoms with Crippen molar-refractivity contribution in [1.82, 2.24) is 0 Å². The van der Waals surface area contributed by atoms with E-state index >= 15 is 0 Å². The zero-order valence-electron chi connectivity index (χ0n) is 10.5. The summed E-state index contributed by atoms with van der Waals surface area (Å²) in [6.45, 7) is 0.0206. The molecule has 0 unspecified atom stereocenters. The molecule has 2 aromatic carbocycles. The molecule has 0 fully saturated rings. The number of amides is 1. The smallest absolute Gasteiger partial charge is 0.255 e. The maximum absolute atomic E-state index is 13.5. The lowest BCUT2D eigenvalue weighted by atomic mass is 10.2. The first kappa shape index (κ1) is 13.6. The minimum Gasteiger partial charge on any atom is -0.454 e. The molecule has 0 radical (unpaired) electrons. The Hall–Kier alpha value is -2.34. The second kappa shape index (κ2) is 5.21. The number of nitrogens with one attached hydrogen (secondary N) is 1. The van der Waals surface area contributed by atoms with Crippen molar-refractivity contribution >= 4 is 23.2 Å². The number of carbonyl (C=O) groups is 1. The van der Waals surface area contributed by atoms with Gasteiger partial charge in [-0.15, -0.1) is 0 Å². The van der Waals surface area contributed by atoms with Gasteiger partial charge in [0.15, 0.2) is 11.5 Å². The van der Waals surface area contributed by atoms with Crippen LogP contribution in [0.1, 0.15) is 10.4 Å². The Morgan fingerprint density at radius 2 is 2.00 bits per heavy atom. The molecule has 4 nitrogen and oxygen atoms in total. The SMILES string of the molecule is O=C(Nc1ccc(F)cc1F)c1cc(Cl)c2c(c1)OCO2. The lowest BCUT2D eigenvalue weighted by molar-refractivity contribution is 0.102. The molecule has 0 bridgehead atoms. The molecule has 108 valence electrons. The topological polar surface area (TPSA) is 47.6 Å². The van der Waals surface area contributed by atoms with Gasteiger partial charge in [0, 0.05) is 11.6 Å². The molecule has 1 amide bonds. The van der Waals surface area contributed by atoms with Crippen LogP contribution in [0.5, 0.6) is 11.5 Å². The highest BCUT2D eigenvalue weighted by molar-refractivity contribution is 6.32. The van der Waals surface area contributed by atoms with Crippen LogP contribution >= 0.6 is 11.6 Å². The summed E-state index contributed by atoms with van der Waals surface area (Å²) in [5.41, 5.74) is 0.0446. The van der Waals surface area contributed by atoms with E-state index in [1.54, 1.807) is 0 Å². The molecule has 3 rings (SSSR count). The van der Waals surface area contributed by atoms with E-state index in [1.807, 2.05) is 0 Å². The zero-order valence-corrected chi connectivity index (χ0v) is 11.2. The highest BCUT2D eigenvalue weighted by Crippen LogP contribution is 2.39. The van der Waals surface area contributed by atoms with Crippen LogP contribution in [-0.4, -0.2) is 12.7 Å². The number of ether oxygens (including phenoxy) is 2. The normalized spacial score (nSPS) is 12.3. The molecule has 21 heavy (non-hydrogen) atoms. The maximum Gasteiger partial charge on any atom is 0.255 e. The quantitative estimate of drug-likeness (QED) is 0.922. The molecule has 1 aliphatic heterocycles. The first-order valence-corrected chi connectivity index (χ1v) is 6.28. The second-order valence-electron chi connectivity index (χ2n) is 4.27. The molecule has 0 saturated heterocycles. The lowest BCUT2D eigenvalue weighted by Gasteiger charge is -2.08. The molecule has 0 aliphatic carbocycles. The number of hydrogen-bond acceptors (Lipinski definition) is 3. The van der Waals surface area contributed by atoms with Gasteiger partial charge in [0.05, 0.1) is 10.7 Å². The van der Waals surface area contributed by atoms with Gasteiger partial charge in [-0.2, -0.15) is 0 Å². The summed E-state index contributed by atoms with van der Waals surface area (Å²) in [6.07, 6.45) is 0. The summed E-state index contributed by atoms with van der Waals surface area (Å²) in [5, 5.41) is 2.55. The van der Waals surface area contributed by atoms with Gasteiger partial charge < -0.3 is 14.8 Å². The fourth-order valence-electron chi connectivity index (χ4n) is 1.88. The molecule has 0 saturated carbocycles. The molecule has 1 heterocycles. The van der Waals surface area contributed by atoms with E-state index in [0.29, 0.717) is 17.6 Å². The summed E-state index contributed by atoms with van der Waals surface area (Å²) in [5.74, 6) is -1.49. The third kappa shape index (κ3) is 2.62. The highest BCUT2D eigenvalue weighted by Gasteiger charge is 2.21. The number of carbonyl (C=O) groups excluding carboxylic acids is 1. The Bertz CT molecular complexity index is 736. The number of halogens is 3. The zero-order chi connectivity index (χ0) is 15.0. The Morgan fingerprint density at radius 3 is 2.76 bits per heavy atom. The van der Waals surface area contributed by atoms with E-state index in [9.17, 15) is 13.6 Å². The molecule has 0 aromatic heterocycles. The van der Waals surface area contributed by atoms with E-state index in [1.165, 1.54) is 12.1 Å². The third-order valence-electron chi connectivity index (χ3n) is 2.87. The first-order valence-electron chi connectivity index (χ1n) is 5.90. The Kier molecular flexibility index (Phi) is 3.39. The third-order valence-corrected chi connectivity index (χ3v) is 3.15. The van der Waals surface area contributed by atoms with Crippen molar-refractivity contribution in [2.24, 2.45) is 0 Å². The maximum atomic E-state index is 13.5. The molecule has 1 N–H and O–H groups in total. The molecule has 0 atom stereocenters. The van der Waals surface area contributed by atoms with Gasteiger partial charge in [-0.25, -0.2) is 8.78 Å². The van der Waals surface area contributed by atoms with E-state index in [2.05, 4.69) is 5.32 Å². The minimum absolute atomic E-state index is 0.0206. The number of anilines is 1. The van der Waals surface area contributed by atoms with Crippen molar-refractivity contribution in [3.05, 3.63) is 52.6 Å². The van der Waals surface area contributed by atoms with Crippen molar-refractivity contribution in [2.45, 2.75) is 0 Å². The van der Waals surface area contributed by atoms with Crippen LogP contribution in [0, 0.1) is 11.6 Å². The van der Waals surface area contributed by atoms with Gasteiger partial charge in [0.25, 0.3) is 5.91 Å². The van der Waals surface area contributed by atoms with Crippen molar-refractivity contribution in [2.75, 3.05) is 12.1 Å². The fraction of sp³-hybridized carbons (Fsp3) is 0.0714. The Balaban J connectivity index is 1.87. The van der Waals surface area contributed by atoms with Crippen LogP contribution in [0.3, 0.4) is 0 Å². The van der Waals surface area contributed by atoms with Crippen LogP contribution in [-0.2, 0) is 0 Å². The van der Waals surface area contributed by atoms with Crippen LogP contribution in [0.2, 0.25) is 5.02 Å². The fourth-order valence-corrected chi connectivity index (χ4v) is 2.15. The van der Waals surface area contributed by atoms with Crippen molar-refractivity contribution in [1.29, 1.82) is 0 Å². The average molecular weight is 312 g/mol. The number of hydrogen-bond donors (Lipinski definition) is 1. The monoisotopic (exact) mass is 311 g/mol. The molecular weight excluding hydrogens is 304 g/mol. The van der Waals surface area contributed by atoms with Gasteiger partial charge in [-0.1, -0.05) is 11.6 Å². The van der Waals surface area contributed by atoms with Gasteiger partial charge in [0.2, 0.25) is 6.79 Å². The summed E-state index contributed by atoms with van der Waals surface area (Å²) in [7, 11) is 0. The van der Waals surface area contributed by atoms with Crippen molar-refractivity contribution < 1.29 is 23.0 Å². The van der Waals surface area contributed by atoms with Crippen LogP contribution in [0.4, 0.5) is 14.5 Å². The van der Waals surface area contributed by atoms with E-state index in [0.717, 1.165) is 12.1 Å². The van der Waals surface area contributed by atoms with Gasteiger partial charge >= 0.3 is 0 Å². The first-order chi connectivity index (χ1) is 10.0. The molecule has 1 aliphatic rings. The predicted molar refractivity (Wildman–Crippen MR) is 71.9 cm³/mol. The van der Waals surface area contributed by atoms with E-state index in [4.69, 9.17) is 21.1 Å². The van der Waals surface area contributed by atoms with Crippen molar-refractivity contribution in [3.63, 3.8) is 0 Å². The van der Waals surface area contributed by atoms with Crippen LogP contribution in [0.25, 0.3) is 0 Å².